The Hall–Kier alpha value is -2.82. The lowest BCUT2D eigenvalue weighted by Gasteiger charge is -2.23. The molecule has 0 saturated carbocycles. The van der Waals surface area contributed by atoms with Crippen molar-refractivity contribution in [2.24, 2.45) is 0 Å². The fraction of sp³-hybridized carbons (Fsp3) is 0.300. The molecule has 0 aliphatic heterocycles. The molecular weight excluding hydrogens is 314 g/mol. The van der Waals surface area contributed by atoms with Gasteiger partial charge in [-0.25, -0.2) is 0 Å². The van der Waals surface area contributed by atoms with Crippen LogP contribution in [-0.4, -0.2) is 30.7 Å². The van der Waals surface area contributed by atoms with Crippen LogP contribution in [0.15, 0.2) is 59.1 Å². The molecule has 0 aliphatic carbocycles. The van der Waals surface area contributed by atoms with Gasteiger partial charge >= 0.3 is 0 Å². The highest BCUT2D eigenvalue weighted by atomic mass is 16.5. The zero-order valence-corrected chi connectivity index (χ0v) is 14.4. The zero-order chi connectivity index (χ0) is 17.5. The molecule has 0 saturated heterocycles. The maximum absolute atomic E-state index is 12.1. The third-order valence-corrected chi connectivity index (χ3v) is 4.21. The lowest BCUT2D eigenvalue weighted by molar-refractivity contribution is -0.120. The smallest absolute Gasteiger partial charge is 0.226 e. The number of nitrogens with zero attached hydrogens (tertiary/aromatic N) is 2. The largest absolute Gasteiger partial charge is 0.372 e. The van der Waals surface area contributed by atoms with E-state index < -0.39 is 0 Å². The highest BCUT2D eigenvalue weighted by molar-refractivity contribution is 5.86. The molecule has 0 unspecified atom stereocenters. The van der Waals surface area contributed by atoms with Gasteiger partial charge in [0.1, 0.15) is 5.69 Å². The van der Waals surface area contributed by atoms with Crippen LogP contribution in [-0.2, 0) is 11.2 Å². The van der Waals surface area contributed by atoms with E-state index in [0.29, 0.717) is 17.8 Å². The van der Waals surface area contributed by atoms with Gasteiger partial charge in [0.15, 0.2) is 5.58 Å². The molecule has 0 bridgehead atoms. The van der Waals surface area contributed by atoms with E-state index in [2.05, 4.69) is 34.4 Å². The van der Waals surface area contributed by atoms with Crippen LogP contribution in [0.25, 0.3) is 11.0 Å². The molecule has 0 aliphatic rings. The Bertz CT molecular complexity index is 814. The Labute approximate surface area is 147 Å². The molecule has 0 radical (unpaired) electrons. The van der Waals surface area contributed by atoms with Gasteiger partial charge in [0.05, 0.1) is 6.42 Å². The van der Waals surface area contributed by atoms with E-state index in [1.54, 1.807) is 0 Å². The number of rotatable bonds is 8. The van der Waals surface area contributed by atoms with Gasteiger partial charge in [-0.2, -0.15) is 0 Å². The van der Waals surface area contributed by atoms with E-state index in [0.717, 1.165) is 24.9 Å². The molecule has 1 amide bonds. The minimum absolute atomic E-state index is 0.0261. The average Bonchev–Trinajstić information content (AvgIpc) is 3.05. The molecule has 1 heterocycles. The fourth-order valence-electron chi connectivity index (χ4n) is 2.89. The quantitative estimate of drug-likeness (QED) is 0.640. The van der Waals surface area contributed by atoms with Crippen molar-refractivity contribution in [2.75, 3.05) is 24.5 Å². The van der Waals surface area contributed by atoms with Crippen LogP contribution in [0.4, 0.5) is 5.69 Å². The van der Waals surface area contributed by atoms with Crippen LogP contribution in [0, 0.1) is 0 Å². The van der Waals surface area contributed by atoms with E-state index in [1.165, 1.54) is 5.69 Å². The monoisotopic (exact) mass is 337 g/mol. The number of aromatic nitrogens is 1. The number of hydrogen-bond acceptors (Lipinski definition) is 4. The third-order valence-electron chi connectivity index (χ3n) is 4.21. The first kappa shape index (κ1) is 17.0. The van der Waals surface area contributed by atoms with Gasteiger partial charge in [-0.05, 0) is 37.6 Å². The van der Waals surface area contributed by atoms with Crippen molar-refractivity contribution in [3.8, 4) is 0 Å². The Morgan fingerprint density at radius 2 is 1.88 bits per heavy atom. The summed E-state index contributed by atoms with van der Waals surface area (Å²) < 4.78 is 5.23. The molecule has 0 spiro atoms. The van der Waals surface area contributed by atoms with Crippen molar-refractivity contribution in [1.82, 2.24) is 10.5 Å². The van der Waals surface area contributed by atoms with Crippen molar-refractivity contribution >= 4 is 22.6 Å². The first-order valence-corrected chi connectivity index (χ1v) is 8.68. The van der Waals surface area contributed by atoms with Gasteiger partial charge in [-0.15, -0.1) is 0 Å². The van der Waals surface area contributed by atoms with Gasteiger partial charge < -0.3 is 14.7 Å². The van der Waals surface area contributed by atoms with Crippen molar-refractivity contribution in [1.29, 1.82) is 0 Å². The van der Waals surface area contributed by atoms with Gasteiger partial charge in [0, 0.05) is 30.7 Å². The van der Waals surface area contributed by atoms with Crippen molar-refractivity contribution in [3.63, 3.8) is 0 Å². The first-order chi connectivity index (χ1) is 12.3. The standard InChI is InChI=1S/C20H23N3O2/c1-2-23(16-9-4-3-5-10-16)14-8-13-21-20(24)15-18-17-11-6-7-12-19(17)25-22-18/h3-7,9-12H,2,8,13-15H2,1H3,(H,21,24). The second-order valence-electron chi connectivity index (χ2n) is 5.92. The molecule has 3 aromatic rings. The molecule has 0 atom stereocenters. The van der Waals surface area contributed by atoms with Gasteiger partial charge in [0.2, 0.25) is 5.91 Å². The minimum Gasteiger partial charge on any atom is -0.372 e. The molecule has 25 heavy (non-hydrogen) atoms. The van der Waals surface area contributed by atoms with Gasteiger partial charge in [0.25, 0.3) is 0 Å². The number of carbonyl (C=O) groups excluding carboxylic acids is 1. The van der Waals surface area contributed by atoms with Crippen molar-refractivity contribution in [2.45, 2.75) is 19.8 Å². The average molecular weight is 337 g/mol. The molecule has 5 nitrogen and oxygen atoms in total. The summed E-state index contributed by atoms with van der Waals surface area (Å²) >= 11 is 0. The summed E-state index contributed by atoms with van der Waals surface area (Å²) in [4.78, 5) is 14.4. The molecule has 130 valence electrons. The van der Waals surface area contributed by atoms with E-state index in [1.807, 2.05) is 42.5 Å². The third kappa shape index (κ3) is 4.38. The Balaban J connectivity index is 1.45. The lowest BCUT2D eigenvalue weighted by atomic mass is 10.1. The van der Waals surface area contributed by atoms with Crippen LogP contribution < -0.4 is 10.2 Å². The van der Waals surface area contributed by atoms with E-state index in [-0.39, 0.29) is 12.3 Å². The van der Waals surface area contributed by atoms with Crippen LogP contribution in [0.2, 0.25) is 0 Å². The zero-order valence-electron chi connectivity index (χ0n) is 14.4. The Morgan fingerprint density at radius 1 is 1.12 bits per heavy atom. The number of carbonyl (C=O) groups is 1. The van der Waals surface area contributed by atoms with Crippen LogP contribution in [0.5, 0.6) is 0 Å². The summed E-state index contributed by atoms with van der Waals surface area (Å²) in [5.41, 5.74) is 2.62. The number of fused-ring (bicyclic) bond motifs is 1. The number of amides is 1. The molecule has 1 aromatic heterocycles. The summed E-state index contributed by atoms with van der Waals surface area (Å²) in [6.45, 7) is 4.65. The van der Waals surface area contributed by atoms with Crippen LogP contribution in [0.1, 0.15) is 19.0 Å². The summed E-state index contributed by atoms with van der Waals surface area (Å²) in [5, 5.41) is 7.87. The topological polar surface area (TPSA) is 58.4 Å². The number of nitrogens with one attached hydrogen (secondary N) is 1. The molecule has 2 aromatic carbocycles. The maximum atomic E-state index is 12.1. The SMILES string of the molecule is CCN(CCCNC(=O)Cc1noc2ccccc12)c1ccccc1. The normalized spacial score (nSPS) is 10.8. The van der Waals surface area contributed by atoms with E-state index >= 15 is 0 Å². The molecule has 5 heteroatoms. The van der Waals surface area contributed by atoms with Gasteiger partial charge in [-0.1, -0.05) is 35.5 Å². The second-order valence-corrected chi connectivity index (χ2v) is 5.92. The molecule has 1 N–H and O–H groups in total. The molecule has 3 rings (SSSR count). The first-order valence-electron chi connectivity index (χ1n) is 8.68. The summed E-state index contributed by atoms with van der Waals surface area (Å²) in [6, 6.07) is 17.9. The predicted octanol–water partition coefficient (Wildman–Crippen LogP) is 3.40. The Morgan fingerprint density at radius 3 is 2.68 bits per heavy atom. The highest BCUT2D eigenvalue weighted by Crippen LogP contribution is 2.18. The van der Waals surface area contributed by atoms with Gasteiger partial charge in [-0.3, -0.25) is 4.79 Å². The number of hydrogen-bond donors (Lipinski definition) is 1. The minimum atomic E-state index is -0.0261. The maximum Gasteiger partial charge on any atom is 0.226 e. The number of anilines is 1. The van der Waals surface area contributed by atoms with Crippen LogP contribution in [0.3, 0.4) is 0 Å². The van der Waals surface area contributed by atoms with Crippen molar-refractivity contribution in [3.05, 3.63) is 60.3 Å². The fourth-order valence-corrected chi connectivity index (χ4v) is 2.89. The van der Waals surface area contributed by atoms with Crippen molar-refractivity contribution < 1.29 is 9.32 Å². The van der Waals surface area contributed by atoms with Crippen LogP contribution >= 0.6 is 0 Å². The lowest BCUT2D eigenvalue weighted by Crippen LogP contribution is -2.30. The number of benzene rings is 2. The van der Waals surface area contributed by atoms with E-state index in [9.17, 15) is 4.79 Å². The number of para-hydroxylation sites is 2. The summed E-state index contributed by atoms with van der Waals surface area (Å²) in [6.07, 6.45) is 1.14. The summed E-state index contributed by atoms with van der Waals surface area (Å²) in [7, 11) is 0. The second kappa shape index (κ2) is 8.33. The highest BCUT2D eigenvalue weighted by Gasteiger charge is 2.11. The molecular formula is C20H23N3O2. The molecule has 0 fully saturated rings. The predicted molar refractivity (Wildman–Crippen MR) is 99.7 cm³/mol. The summed E-state index contributed by atoms with van der Waals surface area (Å²) in [5.74, 6) is -0.0261. The van der Waals surface area contributed by atoms with E-state index in [4.69, 9.17) is 4.52 Å². The Kier molecular flexibility index (Phi) is 5.67.